The summed E-state index contributed by atoms with van der Waals surface area (Å²) in [5.74, 6) is 0. The molecule has 1 rings (SSSR count). The fourth-order valence-electron chi connectivity index (χ4n) is 0.230. The molecule has 0 aliphatic carbocycles. The average molecular weight is 124 g/mol. The molecule has 34 valence electrons. The predicted molar refractivity (Wildman–Crippen MR) is 25.9 cm³/mol. The standard InChI is InChI=1S/C2H4N4.K.H/c3-2-4-1-5-6-2;;/h1H,(H3,3,4,5,6);;. The van der Waals surface area contributed by atoms with Crippen LogP contribution in [-0.2, 0) is 0 Å². The Morgan fingerprint density at radius 3 is 2.57 bits per heavy atom. The van der Waals surface area contributed by atoms with E-state index in [1.807, 2.05) is 0 Å². The fourth-order valence-corrected chi connectivity index (χ4v) is 0.230. The molecule has 0 aliphatic rings. The van der Waals surface area contributed by atoms with Crippen molar-refractivity contribution in [1.82, 2.24) is 15.2 Å². The van der Waals surface area contributed by atoms with Crippen LogP contribution in [0.3, 0.4) is 0 Å². The third-order valence-electron chi connectivity index (χ3n) is 0.449. The van der Waals surface area contributed by atoms with E-state index < -0.39 is 0 Å². The molecule has 1 aromatic heterocycles. The van der Waals surface area contributed by atoms with Crippen LogP contribution in [0.5, 0.6) is 0 Å². The Bertz CT molecular complexity index is 147. The van der Waals surface area contributed by atoms with Crippen LogP contribution in [0.2, 0.25) is 0 Å². The van der Waals surface area contributed by atoms with Crippen molar-refractivity contribution in [3.05, 3.63) is 11.9 Å². The summed E-state index contributed by atoms with van der Waals surface area (Å²) in [7, 11) is 0. The van der Waals surface area contributed by atoms with Crippen molar-refractivity contribution in [1.29, 1.82) is 5.41 Å². The van der Waals surface area contributed by atoms with E-state index in [2.05, 4.69) is 15.2 Å². The number of rotatable bonds is 0. The minimum absolute atomic E-state index is 0. The molecule has 0 spiro atoms. The monoisotopic (exact) mass is 124 g/mol. The van der Waals surface area contributed by atoms with Crippen molar-refractivity contribution in [2.75, 3.05) is 0 Å². The van der Waals surface area contributed by atoms with Crippen LogP contribution in [0.15, 0.2) is 6.33 Å². The molecule has 7 heavy (non-hydrogen) atoms. The number of hydrogen-bond acceptors (Lipinski definition) is 2. The Hall–Kier alpha value is 0.576. The molecule has 0 bridgehead atoms. The van der Waals surface area contributed by atoms with E-state index in [-0.39, 0.29) is 57.0 Å². The SMILES string of the molecule is N=c1nc[nH][nH]1.[KH]. The van der Waals surface area contributed by atoms with Crippen molar-refractivity contribution in [3.8, 4) is 0 Å². The van der Waals surface area contributed by atoms with Crippen molar-refractivity contribution < 1.29 is 0 Å². The summed E-state index contributed by atoms with van der Waals surface area (Å²) in [6.45, 7) is 0. The molecule has 0 amide bonds. The van der Waals surface area contributed by atoms with Crippen LogP contribution in [0.1, 0.15) is 0 Å². The molecule has 4 nitrogen and oxygen atoms in total. The second kappa shape index (κ2) is 3.56. The van der Waals surface area contributed by atoms with Gasteiger partial charge in [0.25, 0.3) is 0 Å². The first-order chi connectivity index (χ1) is 2.89. The predicted octanol–water partition coefficient (Wildman–Crippen LogP) is -1.43. The average Bonchev–Trinajstić information content (AvgIpc) is 1.86. The van der Waals surface area contributed by atoms with Gasteiger partial charge in [-0.15, -0.1) is 0 Å². The van der Waals surface area contributed by atoms with E-state index in [1.165, 1.54) is 6.33 Å². The van der Waals surface area contributed by atoms with Crippen LogP contribution in [0.25, 0.3) is 0 Å². The van der Waals surface area contributed by atoms with E-state index in [4.69, 9.17) is 5.41 Å². The molecule has 0 saturated carbocycles. The van der Waals surface area contributed by atoms with Crippen LogP contribution in [-0.4, -0.2) is 66.6 Å². The first-order valence-corrected chi connectivity index (χ1v) is 1.52. The molecule has 0 saturated heterocycles. The summed E-state index contributed by atoms with van der Waals surface area (Å²) < 4.78 is 0. The van der Waals surface area contributed by atoms with Gasteiger partial charge < -0.3 is 0 Å². The van der Waals surface area contributed by atoms with E-state index in [0.29, 0.717) is 0 Å². The zero-order valence-electron chi connectivity index (χ0n) is 3.02. The number of nitrogens with zero attached hydrogens (tertiary/aromatic N) is 1. The van der Waals surface area contributed by atoms with Crippen molar-refractivity contribution in [3.63, 3.8) is 0 Å². The molecular formula is C2H5KN4. The van der Waals surface area contributed by atoms with Gasteiger partial charge in [0.05, 0.1) is 0 Å². The second-order valence-electron chi connectivity index (χ2n) is 0.876. The van der Waals surface area contributed by atoms with Gasteiger partial charge in [-0.3, -0.25) is 15.6 Å². The van der Waals surface area contributed by atoms with Gasteiger partial charge in [-0.1, -0.05) is 0 Å². The van der Waals surface area contributed by atoms with Gasteiger partial charge in [0, 0.05) is 0 Å². The van der Waals surface area contributed by atoms with E-state index in [1.54, 1.807) is 0 Å². The third-order valence-corrected chi connectivity index (χ3v) is 0.449. The third kappa shape index (κ3) is 2.40. The van der Waals surface area contributed by atoms with E-state index in [0.717, 1.165) is 0 Å². The maximum absolute atomic E-state index is 6.68. The number of nitrogens with one attached hydrogen (secondary N) is 3. The van der Waals surface area contributed by atoms with Gasteiger partial charge in [-0.2, -0.15) is 0 Å². The molecular weight excluding hydrogens is 119 g/mol. The summed E-state index contributed by atoms with van der Waals surface area (Å²) in [6.07, 6.45) is 1.42. The summed E-state index contributed by atoms with van der Waals surface area (Å²) in [4.78, 5) is 3.47. The molecule has 0 aliphatic heterocycles. The zero-order valence-corrected chi connectivity index (χ0v) is 3.02. The van der Waals surface area contributed by atoms with Gasteiger partial charge in [0.2, 0.25) is 5.62 Å². The van der Waals surface area contributed by atoms with Crippen molar-refractivity contribution >= 4 is 51.4 Å². The van der Waals surface area contributed by atoms with Gasteiger partial charge in [-0.25, -0.2) is 4.98 Å². The number of H-pyrrole nitrogens is 2. The fraction of sp³-hybridized carbons (Fsp3) is 0. The van der Waals surface area contributed by atoms with Crippen molar-refractivity contribution in [2.45, 2.75) is 0 Å². The first kappa shape index (κ1) is 7.58. The van der Waals surface area contributed by atoms with E-state index >= 15 is 0 Å². The summed E-state index contributed by atoms with van der Waals surface area (Å²) in [6, 6.07) is 0. The number of aromatic amines is 2. The van der Waals surface area contributed by atoms with Crippen LogP contribution in [0, 0.1) is 5.41 Å². The minimum atomic E-state index is 0. The molecule has 0 fully saturated rings. The Balaban J connectivity index is 0.000000360. The van der Waals surface area contributed by atoms with Gasteiger partial charge >= 0.3 is 51.4 Å². The molecule has 3 N–H and O–H groups in total. The first-order valence-electron chi connectivity index (χ1n) is 1.52. The molecule has 0 atom stereocenters. The number of aromatic nitrogens is 3. The Morgan fingerprint density at radius 1 is 1.71 bits per heavy atom. The van der Waals surface area contributed by atoms with Crippen molar-refractivity contribution in [2.24, 2.45) is 0 Å². The number of hydrogen-bond donors (Lipinski definition) is 3. The summed E-state index contributed by atoms with van der Waals surface area (Å²) in [5.41, 5.74) is 0.162. The van der Waals surface area contributed by atoms with Gasteiger partial charge in [0.15, 0.2) is 0 Å². The molecule has 1 heterocycles. The van der Waals surface area contributed by atoms with Gasteiger partial charge in [0.1, 0.15) is 6.33 Å². The zero-order chi connectivity index (χ0) is 4.41. The Morgan fingerprint density at radius 2 is 2.43 bits per heavy atom. The quantitative estimate of drug-likeness (QED) is 0.365. The topological polar surface area (TPSA) is 68.3 Å². The van der Waals surface area contributed by atoms with Crippen LogP contribution < -0.4 is 5.62 Å². The molecule has 5 heteroatoms. The Kier molecular flexibility index (Phi) is 3.86. The van der Waals surface area contributed by atoms with E-state index in [9.17, 15) is 0 Å². The van der Waals surface area contributed by atoms with Crippen LogP contribution in [0.4, 0.5) is 0 Å². The Labute approximate surface area is 82.7 Å². The molecule has 0 aromatic carbocycles. The summed E-state index contributed by atoms with van der Waals surface area (Å²) in [5, 5.41) is 11.6. The second-order valence-corrected chi connectivity index (χ2v) is 0.876. The van der Waals surface area contributed by atoms with Crippen LogP contribution >= 0.6 is 0 Å². The van der Waals surface area contributed by atoms with Gasteiger partial charge in [-0.05, 0) is 0 Å². The summed E-state index contributed by atoms with van der Waals surface area (Å²) >= 11 is 0. The molecule has 0 unspecified atom stereocenters. The maximum atomic E-state index is 6.68. The molecule has 1 aromatic rings. The normalized spacial score (nSPS) is 7.43. The molecule has 0 radical (unpaired) electrons.